The number of nitrogens with zero attached hydrogens (tertiary/aromatic N) is 5. The van der Waals surface area contributed by atoms with Crippen molar-refractivity contribution in [3.8, 4) is 11.1 Å². The number of anilines is 1. The first-order valence-electron chi connectivity index (χ1n) is 9.63. The van der Waals surface area contributed by atoms with E-state index in [9.17, 15) is 0 Å². The smallest absolute Gasteiger partial charge is 0.165 e. The molecule has 0 N–H and O–H groups in total. The molecule has 1 aromatic carbocycles. The van der Waals surface area contributed by atoms with Crippen molar-refractivity contribution in [3.05, 3.63) is 47.8 Å². The Morgan fingerprint density at radius 1 is 1.00 bits per heavy atom. The van der Waals surface area contributed by atoms with Crippen molar-refractivity contribution in [1.82, 2.24) is 19.5 Å². The number of piperazine rings is 1. The van der Waals surface area contributed by atoms with Gasteiger partial charge in [0.05, 0.1) is 5.69 Å². The first-order chi connectivity index (χ1) is 12.7. The van der Waals surface area contributed by atoms with E-state index in [2.05, 4.69) is 71.5 Å². The topological polar surface area (TPSA) is 36.7 Å². The average molecular weight is 349 g/mol. The van der Waals surface area contributed by atoms with Crippen molar-refractivity contribution in [3.63, 3.8) is 0 Å². The van der Waals surface area contributed by atoms with Crippen LogP contribution in [0.3, 0.4) is 0 Å². The molecule has 1 fully saturated rings. The molecular weight excluding hydrogens is 322 g/mol. The molecule has 3 aromatic rings. The number of hydrogen-bond acceptors (Lipinski definition) is 4. The Morgan fingerprint density at radius 2 is 1.73 bits per heavy atom. The summed E-state index contributed by atoms with van der Waals surface area (Å²) in [6.45, 7) is 11.9. The first kappa shape index (κ1) is 17.0. The number of benzene rings is 1. The summed E-state index contributed by atoms with van der Waals surface area (Å²) in [5.41, 5.74) is 5.50. The van der Waals surface area contributed by atoms with Gasteiger partial charge in [-0.05, 0) is 25.5 Å². The first-order valence-corrected chi connectivity index (χ1v) is 9.63. The second-order valence-electron chi connectivity index (χ2n) is 6.95. The van der Waals surface area contributed by atoms with Crippen molar-refractivity contribution in [2.75, 3.05) is 37.6 Å². The number of rotatable bonds is 4. The summed E-state index contributed by atoms with van der Waals surface area (Å²) in [4.78, 5) is 9.82. The molecule has 0 aliphatic carbocycles. The fraction of sp³-hybridized carbons (Fsp3) is 0.429. The van der Waals surface area contributed by atoms with E-state index in [1.54, 1.807) is 0 Å². The highest BCUT2D eigenvalue weighted by atomic mass is 15.4. The van der Waals surface area contributed by atoms with Gasteiger partial charge in [0.25, 0.3) is 0 Å². The van der Waals surface area contributed by atoms with Crippen LogP contribution in [0, 0.1) is 6.92 Å². The van der Waals surface area contributed by atoms with Gasteiger partial charge in [-0.2, -0.15) is 9.61 Å². The molecule has 3 heterocycles. The fourth-order valence-electron chi connectivity index (χ4n) is 3.83. The molecular formula is C21H27N5. The summed E-state index contributed by atoms with van der Waals surface area (Å²) in [6, 6.07) is 12.7. The minimum Gasteiger partial charge on any atom is -0.354 e. The van der Waals surface area contributed by atoms with Gasteiger partial charge in [0.1, 0.15) is 5.82 Å². The molecule has 5 nitrogen and oxygen atoms in total. The molecule has 1 saturated heterocycles. The van der Waals surface area contributed by atoms with Gasteiger partial charge in [-0.3, -0.25) is 0 Å². The molecule has 136 valence electrons. The standard InChI is InChI=1S/C21H27N5/c1-4-18-20(17-9-7-6-8-10-17)21-22-16(3)15-19(26(21)23-18)25-13-11-24(5-2)12-14-25/h6-10,15H,4-5,11-14H2,1-3H3. The second kappa shape index (κ2) is 7.08. The van der Waals surface area contributed by atoms with Gasteiger partial charge in [-0.15, -0.1) is 0 Å². The lowest BCUT2D eigenvalue weighted by Crippen LogP contribution is -2.46. The summed E-state index contributed by atoms with van der Waals surface area (Å²) in [5.74, 6) is 1.17. The predicted molar refractivity (Wildman–Crippen MR) is 107 cm³/mol. The Labute approximate surface area is 155 Å². The zero-order valence-corrected chi connectivity index (χ0v) is 15.9. The zero-order valence-electron chi connectivity index (χ0n) is 15.9. The van der Waals surface area contributed by atoms with Crippen molar-refractivity contribution < 1.29 is 0 Å². The van der Waals surface area contributed by atoms with Crippen molar-refractivity contribution in [1.29, 1.82) is 0 Å². The molecule has 0 spiro atoms. The summed E-state index contributed by atoms with van der Waals surface area (Å²) in [6.07, 6.45) is 0.898. The minimum atomic E-state index is 0.898. The third-order valence-electron chi connectivity index (χ3n) is 5.31. The summed E-state index contributed by atoms with van der Waals surface area (Å²) in [5, 5.41) is 4.96. The van der Waals surface area contributed by atoms with Crippen LogP contribution in [-0.4, -0.2) is 52.2 Å². The van der Waals surface area contributed by atoms with Gasteiger partial charge >= 0.3 is 0 Å². The molecule has 0 unspecified atom stereocenters. The molecule has 4 rings (SSSR count). The molecule has 26 heavy (non-hydrogen) atoms. The molecule has 0 radical (unpaired) electrons. The van der Waals surface area contributed by atoms with Gasteiger partial charge in [0, 0.05) is 43.5 Å². The number of likely N-dealkylation sites (N-methyl/N-ethyl adjacent to an activating group) is 1. The lowest BCUT2D eigenvalue weighted by Gasteiger charge is -2.35. The Hall–Kier alpha value is -2.40. The number of fused-ring (bicyclic) bond motifs is 1. The highest BCUT2D eigenvalue weighted by Gasteiger charge is 2.22. The summed E-state index contributed by atoms with van der Waals surface area (Å²) < 4.78 is 2.07. The van der Waals surface area contributed by atoms with Crippen LogP contribution in [0.15, 0.2) is 36.4 Å². The molecule has 2 aromatic heterocycles. The SMILES string of the molecule is CCc1nn2c(N3CCN(CC)CC3)cc(C)nc2c1-c1ccccc1. The highest BCUT2D eigenvalue weighted by Crippen LogP contribution is 2.31. The zero-order chi connectivity index (χ0) is 18.1. The average Bonchev–Trinajstić information content (AvgIpc) is 3.06. The molecule has 1 aliphatic rings. The number of hydrogen-bond donors (Lipinski definition) is 0. The predicted octanol–water partition coefficient (Wildman–Crippen LogP) is 3.41. The lowest BCUT2D eigenvalue weighted by molar-refractivity contribution is 0.270. The maximum atomic E-state index is 4.96. The van der Waals surface area contributed by atoms with E-state index in [1.165, 1.54) is 16.9 Å². The molecule has 5 heteroatoms. The van der Waals surface area contributed by atoms with Gasteiger partial charge in [-0.1, -0.05) is 44.2 Å². The van der Waals surface area contributed by atoms with Crippen LogP contribution in [0.4, 0.5) is 5.82 Å². The quantitative estimate of drug-likeness (QED) is 0.723. The van der Waals surface area contributed by atoms with Crippen LogP contribution in [0.1, 0.15) is 25.2 Å². The summed E-state index contributed by atoms with van der Waals surface area (Å²) >= 11 is 0. The Bertz CT molecular complexity index is 892. The van der Waals surface area contributed by atoms with Crippen LogP contribution in [0.25, 0.3) is 16.8 Å². The van der Waals surface area contributed by atoms with Gasteiger partial charge in [0.2, 0.25) is 0 Å². The van der Waals surface area contributed by atoms with Crippen LogP contribution >= 0.6 is 0 Å². The van der Waals surface area contributed by atoms with Crippen molar-refractivity contribution in [2.45, 2.75) is 27.2 Å². The third kappa shape index (κ3) is 2.97. The van der Waals surface area contributed by atoms with Crippen LogP contribution in [0.5, 0.6) is 0 Å². The highest BCUT2D eigenvalue weighted by molar-refractivity contribution is 5.81. The van der Waals surface area contributed by atoms with Gasteiger partial charge in [-0.25, -0.2) is 4.98 Å². The van der Waals surface area contributed by atoms with E-state index < -0.39 is 0 Å². The van der Waals surface area contributed by atoms with E-state index >= 15 is 0 Å². The largest absolute Gasteiger partial charge is 0.354 e. The fourth-order valence-corrected chi connectivity index (χ4v) is 3.83. The normalized spacial score (nSPS) is 15.7. The van der Waals surface area contributed by atoms with Crippen LogP contribution < -0.4 is 4.90 Å². The maximum Gasteiger partial charge on any atom is 0.165 e. The lowest BCUT2D eigenvalue weighted by atomic mass is 10.0. The monoisotopic (exact) mass is 349 g/mol. The molecule has 0 saturated carbocycles. The third-order valence-corrected chi connectivity index (χ3v) is 5.31. The van der Waals surface area contributed by atoms with E-state index in [-0.39, 0.29) is 0 Å². The second-order valence-corrected chi connectivity index (χ2v) is 6.95. The van der Waals surface area contributed by atoms with Gasteiger partial charge in [0.15, 0.2) is 5.65 Å². The van der Waals surface area contributed by atoms with Gasteiger partial charge < -0.3 is 9.80 Å². The van der Waals surface area contributed by atoms with E-state index in [0.29, 0.717) is 0 Å². The Morgan fingerprint density at radius 3 is 2.38 bits per heavy atom. The Kier molecular flexibility index (Phi) is 4.64. The number of aryl methyl sites for hydroxylation is 2. The molecule has 0 bridgehead atoms. The van der Waals surface area contributed by atoms with Crippen LogP contribution in [-0.2, 0) is 6.42 Å². The van der Waals surface area contributed by atoms with E-state index in [4.69, 9.17) is 10.1 Å². The Balaban J connectivity index is 1.84. The van der Waals surface area contributed by atoms with E-state index in [1.807, 2.05) is 0 Å². The van der Waals surface area contributed by atoms with E-state index in [0.717, 1.165) is 56.2 Å². The van der Waals surface area contributed by atoms with Crippen molar-refractivity contribution >= 4 is 11.5 Å². The molecule has 0 atom stereocenters. The summed E-state index contributed by atoms with van der Waals surface area (Å²) in [7, 11) is 0. The van der Waals surface area contributed by atoms with Crippen molar-refractivity contribution in [2.24, 2.45) is 0 Å². The van der Waals surface area contributed by atoms with Crippen LogP contribution in [0.2, 0.25) is 0 Å². The minimum absolute atomic E-state index is 0.898. The number of aromatic nitrogens is 3. The maximum absolute atomic E-state index is 4.96. The molecule has 0 amide bonds. The molecule has 1 aliphatic heterocycles.